The lowest BCUT2D eigenvalue weighted by atomic mass is 9.91. The van der Waals surface area contributed by atoms with Gasteiger partial charge in [0, 0.05) is 22.4 Å². The SMILES string of the molecule is COC(=O)[C@]1(CCCCl)C[C@H](OCc2cccc(I)c2)CN1. The van der Waals surface area contributed by atoms with E-state index in [4.69, 9.17) is 21.1 Å². The fourth-order valence-electron chi connectivity index (χ4n) is 2.81. The van der Waals surface area contributed by atoms with Crippen LogP contribution in [0.3, 0.4) is 0 Å². The van der Waals surface area contributed by atoms with Crippen molar-refractivity contribution in [2.24, 2.45) is 0 Å². The number of ether oxygens (including phenoxy) is 2. The molecule has 1 heterocycles. The zero-order chi connectivity index (χ0) is 16.0. The molecule has 2 atom stereocenters. The number of alkyl halides is 1. The number of methoxy groups -OCH3 is 1. The number of rotatable bonds is 7. The molecule has 4 nitrogen and oxygen atoms in total. The van der Waals surface area contributed by atoms with Gasteiger partial charge in [-0.25, -0.2) is 0 Å². The Morgan fingerprint density at radius 3 is 3.05 bits per heavy atom. The minimum atomic E-state index is -0.653. The Morgan fingerprint density at radius 1 is 1.55 bits per heavy atom. The number of hydrogen-bond acceptors (Lipinski definition) is 4. The number of benzene rings is 1. The van der Waals surface area contributed by atoms with Crippen LogP contribution in [0.4, 0.5) is 0 Å². The summed E-state index contributed by atoms with van der Waals surface area (Å²) >= 11 is 8.06. The van der Waals surface area contributed by atoms with Crippen LogP contribution in [0.2, 0.25) is 0 Å². The summed E-state index contributed by atoms with van der Waals surface area (Å²) in [5.74, 6) is 0.312. The van der Waals surface area contributed by atoms with E-state index in [1.165, 1.54) is 10.7 Å². The van der Waals surface area contributed by atoms with Gasteiger partial charge < -0.3 is 9.47 Å². The second kappa shape index (κ2) is 8.47. The largest absolute Gasteiger partial charge is 0.468 e. The molecule has 22 heavy (non-hydrogen) atoms. The molecule has 2 rings (SSSR count). The van der Waals surface area contributed by atoms with Gasteiger partial charge in [-0.05, 0) is 53.1 Å². The van der Waals surface area contributed by atoms with Gasteiger partial charge in [-0.3, -0.25) is 10.1 Å². The first-order valence-corrected chi connectivity index (χ1v) is 8.96. The lowest BCUT2D eigenvalue weighted by Gasteiger charge is -2.26. The van der Waals surface area contributed by atoms with Gasteiger partial charge in [0.1, 0.15) is 5.54 Å². The van der Waals surface area contributed by atoms with Crippen molar-refractivity contribution in [3.63, 3.8) is 0 Å². The molecular formula is C16H21ClINO3. The van der Waals surface area contributed by atoms with E-state index < -0.39 is 5.54 Å². The number of halogens is 2. The highest BCUT2D eigenvalue weighted by Crippen LogP contribution is 2.29. The van der Waals surface area contributed by atoms with Gasteiger partial charge in [0.25, 0.3) is 0 Å². The summed E-state index contributed by atoms with van der Waals surface area (Å²) in [6, 6.07) is 8.22. The van der Waals surface area contributed by atoms with Crippen molar-refractivity contribution in [3.05, 3.63) is 33.4 Å². The van der Waals surface area contributed by atoms with Gasteiger partial charge in [-0.2, -0.15) is 0 Å². The molecule has 1 aliphatic heterocycles. The van der Waals surface area contributed by atoms with Crippen LogP contribution in [0.15, 0.2) is 24.3 Å². The Bertz CT molecular complexity index is 514. The third kappa shape index (κ3) is 4.57. The standard InChI is InChI=1S/C16H21ClINO3/c1-21-15(20)16(6-3-7-17)9-14(10-19-16)22-11-12-4-2-5-13(18)8-12/h2,4-5,8,14,19H,3,6-7,9-11H2,1H3/t14-,16-/m0/s1. The van der Waals surface area contributed by atoms with E-state index in [2.05, 4.69) is 40.0 Å². The maximum atomic E-state index is 12.1. The predicted octanol–water partition coefficient (Wildman–Crippen LogP) is 3.10. The quantitative estimate of drug-likeness (QED) is 0.405. The van der Waals surface area contributed by atoms with E-state index in [9.17, 15) is 4.79 Å². The van der Waals surface area contributed by atoms with Crippen LogP contribution < -0.4 is 5.32 Å². The Balaban J connectivity index is 1.93. The average molecular weight is 438 g/mol. The molecule has 0 amide bonds. The fourth-order valence-corrected chi connectivity index (χ4v) is 3.55. The van der Waals surface area contributed by atoms with Crippen molar-refractivity contribution in [3.8, 4) is 0 Å². The highest BCUT2D eigenvalue weighted by molar-refractivity contribution is 14.1. The molecule has 1 aliphatic rings. The topological polar surface area (TPSA) is 47.6 Å². The van der Waals surface area contributed by atoms with Crippen LogP contribution in [0.25, 0.3) is 0 Å². The maximum absolute atomic E-state index is 12.1. The molecule has 0 aliphatic carbocycles. The lowest BCUT2D eigenvalue weighted by Crippen LogP contribution is -2.48. The number of hydrogen-bond donors (Lipinski definition) is 1. The van der Waals surface area contributed by atoms with Gasteiger partial charge in [-0.1, -0.05) is 12.1 Å². The summed E-state index contributed by atoms with van der Waals surface area (Å²) in [6.45, 7) is 1.21. The normalized spacial score (nSPS) is 24.4. The van der Waals surface area contributed by atoms with Gasteiger partial charge in [0.15, 0.2) is 0 Å². The third-order valence-corrected chi connectivity index (χ3v) is 4.87. The number of carbonyl (C=O) groups is 1. The second-order valence-electron chi connectivity index (χ2n) is 5.51. The molecule has 1 aromatic rings. The monoisotopic (exact) mass is 437 g/mol. The van der Waals surface area contributed by atoms with Crippen molar-refractivity contribution in [1.29, 1.82) is 0 Å². The zero-order valence-electron chi connectivity index (χ0n) is 12.6. The smallest absolute Gasteiger partial charge is 0.326 e. The highest BCUT2D eigenvalue weighted by atomic mass is 127. The van der Waals surface area contributed by atoms with Gasteiger partial charge >= 0.3 is 5.97 Å². The summed E-state index contributed by atoms with van der Waals surface area (Å²) in [5.41, 5.74) is 0.489. The summed E-state index contributed by atoms with van der Waals surface area (Å²) in [5, 5.41) is 3.29. The molecule has 0 spiro atoms. The lowest BCUT2D eigenvalue weighted by molar-refractivity contribution is -0.148. The van der Waals surface area contributed by atoms with Crippen LogP contribution in [0, 0.1) is 3.57 Å². The second-order valence-corrected chi connectivity index (χ2v) is 7.14. The van der Waals surface area contributed by atoms with Crippen LogP contribution in [0.1, 0.15) is 24.8 Å². The Labute approximate surface area is 150 Å². The number of esters is 1. The molecule has 1 aromatic carbocycles. The van der Waals surface area contributed by atoms with Crippen molar-refractivity contribution >= 4 is 40.2 Å². The molecule has 0 aromatic heterocycles. The highest BCUT2D eigenvalue weighted by Gasteiger charge is 2.45. The van der Waals surface area contributed by atoms with Crippen LogP contribution in [-0.2, 0) is 20.9 Å². The number of nitrogens with one attached hydrogen (secondary N) is 1. The van der Waals surface area contributed by atoms with Crippen molar-refractivity contribution < 1.29 is 14.3 Å². The van der Waals surface area contributed by atoms with Crippen molar-refractivity contribution in [2.75, 3.05) is 19.5 Å². The molecular weight excluding hydrogens is 417 g/mol. The van der Waals surface area contributed by atoms with E-state index in [-0.39, 0.29) is 12.1 Å². The average Bonchev–Trinajstić information content (AvgIpc) is 2.95. The molecule has 0 unspecified atom stereocenters. The van der Waals surface area contributed by atoms with Gasteiger partial charge in [-0.15, -0.1) is 11.6 Å². The first kappa shape index (κ1) is 18.0. The Hall–Kier alpha value is -0.370. The minimum absolute atomic E-state index is 0.00675. The molecule has 0 saturated carbocycles. The van der Waals surface area contributed by atoms with Crippen LogP contribution in [-0.4, -0.2) is 37.1 Å². The molecule has 1 fully saturated rings. The first-order valence-electron chi connectivity index (χ1n) is 7.35. The summed E-state index contributed by atoms with van der Waals surface area (Å²) in [6.07, 6.45) is 2.08. The van der Waals surface area contributed by atoms with E-state index in [1.54, 1.807) is 0 Å². The summed E-state index contributed by atoms with van der Waals surface area (Å²) in [4.78, 5) is 12.1. The fraction of sp³-hybridized carbons (Fsp3) is 0.562. The minimum Gasteiger partial charge on any atom is -0.468 e. The maximum Gasteiger partial charge on any atom is 0.326 e. The summed E-state index contributed by atoms with van der Waals surface area (Å²) in [7, 11) is 1.42. The van der Waals surface area contributed by atoms with E-state index >= 15 is 0 Å². The molecule has 1 N–H and O–H groups in total. The van der Waals surface area contributed by atoms with Gasteiger partial charge in [0.05, 0.1) is 19.8 Å². The Kier molecular flexibility index (Phi) is 6.92. The van der Waals surface area contributed by atoms with E-state index in [0.717, 1.165) is 12.0 Å². The van der Waals surface area contributed by atoms with E-state index in [1.807, 2.05) is 12.1 Å². The third-order valence-electron chi connectivity index (χ3n) is 3.93. The van der Waals surface area contributed by atoms with Crippen LogP contribution in [0.5, 0.6) is 0 Å². The predicted molar refractivity (Wildman–Crippen MR) is 95.1 cm³/mol. The van der Waals surface area contributed by atoms with Gasteiger partial charge in [0.2, 0.25) is 0 Å². The van der Waals surface area contributed by atoms with Crippen LogP contribution >= 0.6 is 34.2 Å². The molecule has 122 valence electrons. The number of carbonyl (C=O) groups excluding carboxylic acids is 1. The molecule has 1 saturated heterocycles. The van der Waals surface area contributed by atoms with Crippen molar-refractivity contribution in [1.82, 2.24) is 5.32 Å². The van der Waals surface area contributed by atoms with Crippen molar-refractivity contribution in [2.45, 2.75) is 37.5 Å². The Morgan fingerprint density at radius 2 is 2.36 bits per heavy atom. The molecule has 0 radical (unpaired) electrons. The summed E-state index contributed by atoms with van der Waals surface area (Å²) < 4.78 is 12.1. The zero-order valence-corrected chi connectivity index (χ0v) is 15.5. The molecule has 6 heteroatoms. The first-order chi connectivity index (χ1) is 10.6. The molecule has 0 bridgehead atoms. The van der Waals surface area contributed by atoms with E-state index in [0.29, 0.717) is 31.9 Å².